The fourth-order valence-electron chi connectivity index (χ4n) is 4.23. The van der Waals surface area contributed by atoms with E-state index in [1.807, 2.05) is 0 Å². The van der Waals surface area contributed by atoms with Crippen LogP contribution in [0.15, 0.2) is 4.42 Å². The molecule has 2 fully saturated rings. The number of aromatic nitrogens is 1. The molecule has 1 aliphatic carbocycles. The summed E-state index contributed by atoms with van der Waals surface area (Å²) in [5, 5.41) is 12.7. The smallest absolute Gasteiger partial charge is 0.232 e. The second-order valence-electron chi connectivity index (χ2n) is 7.94. The maximum absolute atomic E-state index is 9.40. The number of anilines is 1. The predicted molar refractivity (Wildman–Crippen MR) is 106 cm³/mol. The molecule has 0 amide bonds. The number of morpholine rings is 1. The SMILES string of the molecule is CCCCC1CCC(c2nc(C#N)c(NCCCN3CCOCC3)o2)CC1. The number of nitriles is 1. The maximum Gasteiger partial charge on any atom is 0.232 e. The molecule has 2 aliphatic rings. The molecule has 1 aromatic rings. The summed E-state index contributed by atoms with van der Waals surface area (Å²) in [4.78, 5) is 6.91. The third kappa shape index (κ3) is 5.95. The molecule has 0 unspecified atom stereocenters. The van der Waals surface area contributed by atoms with Crippen molar-refractivity contribution in [1.82, 2.24) is 9.88 Å². The van der Waals surface area contributed by atoms with Crippen molar-refractivity contribution >= 4 is 5.88 Å². The Morgan fingerprint density at radius 3 is 2.67 bits per heavy atom. The van der Waals surface area contributed by atoms with Crippen molar-refractivity contribution in [3.8, 4) is 6.07 Å². The van der Waals surface area contributed by atoms with Crippen LogP contribution in [0.3, 0.4) is 0 Å². The molecule has 150 valence electrons. The summed E-state index contributed by atoms with van der Waals surface area (Å²) in [5.41, 5.74) is 0.407. The number of nitrogens with one attached hydrogen (secondary N) is 1. The minimum Gasteiger partial charge on any atom is -0.424 e. The van der Waals surface area contributed by atoms with Crippen LogP contribution in [0.1, 0.15) is 75.8 Å². The molecule has 1 saturated carbocycles. The fraction of sp³-hybridized carbons (Fsp3) is 0.810. The number of oxazole rings is 1. The summed E-state index contributed by atoms with van der Waals surface area (Å²) >= 11 is 0. The Balaban J connectivity index is 1.45. The average Bonchev–Trinajstić information content (AvgIpc) is 3.14. The summed E-state index contributed by atoms with van der Waals surface area (Å²) in [6, 6.07) is 2.19. The van der Waals surface area contributed by atoms with Gasteiger partial charge in [0.15, 0.2) is 0 Å². The molecule has 0 radical (unpaired) electrons. The van der Waals surface area contributed by atoms with Crippen LogP contribution in [0.4, 0.5) is 5.88 Å². The van der Waals surface area contributed by atoms with Crippen LogP contribution in [0, 0.1) is 17.2 Å². The largest absolute Gasteiger partial charge is 0.424 e. The van der Waals surface area contributed by atoms with Gasteiger partial charge in [-0.3, -0.25) is 4.90 Å². The number of hydrogen-bond acceptors (Lipinski definition) is 6. The molecule has 0 bridgehead atoms. The van der Waals surface area contributed by atoms with Gasteiger partial charge in [-0.25, -0.2) is 4.98 Å². The Bertz CT molecular complexity index is 596. The van der Waals surface area contributed by atoms with Gasteiger partial charge in [0.1, 0.15) is 6.07 Å². The van der Waals surface area contributed by atoms with E-state index < -0.39 is 0 Å². The molecule has 1 N–H and O–H groups in total. The number of hydrogen-bond donors (Lipinski definition) is 1. The van der Waals surface area contributed by atoms with Crippen LogP contribution in [-0.4, -0.2) is 49.3 Å². The highest BCUT2D eigenvalue weighted by molar-refractivity contribution is 5.45. The molecular weight excluding hydrogens is 340 g/mol. The fourth-order valence-corrected chi connectivity index (χ4v) is 4.23. The first kappa shape index (κ1) is 20.2. The van der Waals surface area contributed by atoms with E-state index in [4.69, 9.17) is 9.15 Å². The van der Waals surface area contributed by atoms with Gasteiger partial charge >= 0.3 is 0 Å². The third-order valence-electron chi connectivity index (χ3n) is 5.95. The van der Waals surface area contributed by atoms with Gasteiger partial charge < -0.3 is 14.5 Å². The Morgan fingerprint density at radius 2 is 1.96 bits per heavy atom. The molecule has 1 aliphatic heterocycles. The first-order chi connectivity index (χ1) is 13.3. The standard InChI is InChI=1S/C21H34N4O2/c1-2-3-5-17-6-8-18(9-7-17)20-24-19(16-22)21(27-20)23-10-4-11-25-12-14-26-15-13-25/h17-18,23H,2-15H2,1H3. The molecule has 27 heavy (non-hydrogen) atoms. The lowest BCUT2D eigenvalue weighted by molar-refractivity contribution is 0.0378. The highest BCUT2D eigenvalue weighted by atomic mass is 16.5. The molecular formula is C21H34N4O2. The molecule has 0 atom stereocenters. The zero-order chi connectivity index (χ0) is 18.9. The molecule has 6 nitrogen and oxygen atoms in total. The van der Waals surface area contributed by atoms with E-state index >= 15 is 0 Å². The van der Waals surface area contributed by atoms with Crippen molar-refractivity contribution in [2.75, 3.05) is 44.7 Å². The van der Waals surface area contributed by atoms with Crippen LogP contribution in [0.25, 0.3) is 0 Å². The average molecular weight is 375 g/mol. The van der Waals surface area contributed by atoms with Crippen LogP contribution in [0.5, 0.6) is 0 Å². The van der Waals surface area contributed by atoms with Crippen LogP contribution < -0.4 is 5.32 Å². The predicted octanol–water partition coefficient (Wildman–Crippen LogP) is 4.14. The number of rotatable bonds is 9. The Labute approximate surface area is 163 Å². The lowest BCUT2D eigenvalue weighted by Gasteiger charge is -2.26. The van der Waals surface area contributed by atoms with Gasteiger partial charge in [0.05, 0.1) is 13.2 Å². The van der Waals surface area contributed by atoms with Gasteiger partial charge in [0.25, 0.3) is 0 Å². The molecule has 0 aromatic carbocycles. The van der Waals surface area contributed by atoms with Crippen molar-refractivity contribution in [3.63, 3.8) is 0 Å². The van der Waals surface area contributed by atoms with Gasteiger partial charge in [-0.1, -0.05) is 26.2 Å². The van der Waals surface area contributed by atoms with Gasteiger partial charge in [-0.2, -0.15) is 5.26 Å². The van der Waals surface area contributed by atoms with E-state index in [1.54, 1.807) is 0 Å². The first-order valence-corrected chi connectivity index (χ1v) is 10.7. The topological polar surface area (TPSA) is 74.3 Å². The Kier molecular flexibility index (Phi) is 7.97. The van der Waals surface area contributed by atoms with E-state index in [1.165, 1.54) is 32.1 Å². The summed E-state index contributed by atoms with van der Waals surface area (Å²) in [7, 11) is 0. The van der Waals surface area contributed by atoms with Gasteiger partial charge in [-0.05, 0) is 44.6 Å². The van der Waals surface area contributed by atoms with E-state index in [0.29, 0.717) is 17.5 Å². The number of nitrogens with zero attached hydrogens (tertiary/aromatic N) is 3. The van der Waals surface area contributed by atoms with Crippen molar-refractivity contribution in [3.05, 3.63) is 11.6 Å². The van der Waals surface area contributed by atoms with E-state index in [-0.39, 0.29) is 0 Å². The minimum absolute atomic E-state index is 0.374. The lowest BCUT2D eigenvalue weighted by Crippen LogP contribution is -2.37. The monoisotopic (exact) mass is 374 g/mol. The maximum atomic E-state index is 9.40. The first-order valence-electron chi connectivity index (χ1n) is 10.7. The summed E-state index contributed by atoms with van der Waals surface area (Å²) in [6.07, 6.45) is 9.79. The Morgan fingerprint density at radius 1 is 1.19 bits per heavy atom. The highest BCUT2D eigenvalue weighted by Crippen LogP contribution is 2.38. The quantitative estimate of drug-likeness (QED) is 0.655. The third-order valence-corrected chi connectivity index (χ3v) is 5.95. The van der Waals surface area contributed by atoms with Crippen molar-refractivity contribution in [2.24, 2.45) is 5.92 Å². The van der Waals surface area contributed by atoms with Gasteiger partial charge in [0, 0.05) is 25.6 Å². The number of unbranched alkanes of at least 4 members (excludes halogenated alkanes) is 1. The van der Waals surface area contributed by atoms with E-state index in [0.717, 1.165) is 70.5 Å². The zero-order valence-corrected chi connectivity index (χ0v) is 16.7. The molecule has 1 aromatic heterocycles. The van der Waals surface area contributed by atoms with Crippen molar-refractivity contribution in [1.29, 1.82) is 5.26 Å². The van der Waals surface area contributed by atoms with Crippen molar-refractivity contribution in [2.45, 2.75) is 64.2 Å². The van der Waals surface area contributed by atoms with Crippen LogP contribution >= 0.6 is 0 Å². The van der Waals surface area contributed by atoms with E-state index in [2.05, 4.69) is 28.2 Å². The van der Waals surface area contributed by atoms with Gasteiger partial charge in [-0.15, -0.1) is 0 Å². The molecule has 2 heterocycles. The lowest BCUT2D eigenvalue weighted by atomic mass is 9.80. The molecule has 3 rings (SSSR count). The van der Waals surface area contributed by atoms with E-state index in [9.17, 15) is 5.26 Å². The van der Waals surface area contributed by atoms with Crippen LogP contribution in [-0.2, 0) is 4.74 Å². The second kappa shape index (κ2) is 10.7. The summed E-state index contributed by atoms with van der Waals surface area (Å²) < 4.78 is 11.4. The van der Waals surface area contributed by atoms with Crippen molar-refractivity contribution < 1.29 is 9.15 Å². The Hall–Kier alpha value is -1.58. The van der Waals surface area contributed by atoms with Gasteiger partial charge in [0.2, 0.25) is 17.5 Å². The minimum atomic E-state index is 0.374. The summed E-state index contributed by atoms with van der Waals surface area (Å²) in [5.74, 6) is 2.56. The second-order valence-corrected chi connectivity index (χ2v) is 7.94. The molecule has 1 saturated heterocycles. The normalized spacial score (nSPS) is 23.9. The zero-order valence-electron chi connectivity index (χ0n) is 16.7. The summed E-state index contributed by atoms with van der Waals surface area (Å²) in [6.45, 7) is 7.78. The molecule has 0 spiro atoms. The molecule has 6 heteroatoms. The number of ether oxygens (including phenoxy) is 1. The highest BCUT2D eigenvalue weighted by Gasteiger charge is 2.27. The van der Waals surface area contributed by atoms with Crippen LogP contribution in [0.2, 0.25) is 0 Å².